The lowest BCUT2D eigenvalue weighted by Gasteiger charge is -2.36. The van der Waals surface area contributed by atoms with Crippen LogP contribution in [0.5, 0.6) is 0 Å². The zero-order chi connectivity index (χ0) is 30.1. The van der Waals surface area contributed by atoms with Crippen LogP contribution < -0.4 is 0 Å². The number of nitrogens with zero attached hydrogens (tertiary/aromatic N) is 3. The molecule has 8 heteroatoms. The van der Waals surface area contributed by atoms with Crippen LogP contribution in [0.2, 0.25) is 0 Å². The van der Waals surface area contributed by atoms with Gasteiger partial charge >= 0.3 is 0 Å². The molecule has 42 heavy (non-hydrogen) atoms. The SMILES string of the molecule is CCOCCCN(CC(=O)N(Cc1cccn1Cc1ccccc1)C1CCCCC1)S(=O)(=O)c1c(C)cc(C)cc1C. The summed E-state index contributed by atoms with van der Waals surface area (Å²) in [7, 11) is -3.91. The topological polar surface area (TPSA) is 71.8 Å². The number of carbonyl (C=O) groups is 1. The van der Waals surface area contributed by atoms with E-state index in [1.165, 1.54) is 16.3 Å². The molecule has 1 aliphatic rings. The summed E-state index contributed by atoms with van der Waals surface area (Å²) in [6.07, 6.45) is 7.80. The Bertz CT molecular complexity index is 1390. The minimum Gasteiger partial charge on any atom is -0.382 e. The first kappa shape index (κ1) is 32.0. The number of aryl methyl sites for hydroxylation is 3. The van der Waals surface area contributed by atoms with E-state index in [1.807, 2.05) is 69.0 Å². The van der Waals surface area contributed by atoms with Crippen LogP contribution in [0.3, 0.4) is 0 Å². The lowest BCUT2D eigenvalue weighted by Crippen LogP contribution is -2.48. The summed E-state index contributed by atoms with van der Waals surface area (Å²) < 4.78 is 37.4. The van der Waals surface area contributed by atoms with E-state index < -0.39 is 10.0 Å². The summed E-state index contributed by atoms with van der Waals surface area (Å²) in [6.45, 7) is 9.80. The third-order valence-electron chi connectivity index (χ3n) is 8.20. The maximum Gasteiger partial charge on any atom is 0.244 e. The van der Waals surface area contributed by atoms with Crippen molar-refractivity contribution in [1.82, 2.24) is 13.8 Å². The number of amides is 1. The Balaban J connectivity index is 1.62. The van der Waals surface area contributed by atoms with Crippen LogP contribution >= 0.6 is 0 Å². The third kappa shape index (κ3) is 8.12. The van der Waals surface area contributed by atoms with Crippen molar-refractivity contribution < 1.29 is 17.9 Å². The van der Waals surface area contributed by atoms with Crippen LogP contribution in [0.1, 0.15) is 73.4 Å². The van der Waals surface area contributed by atoms with Crippen LogP contribution in [0, 0.1) is 20.8 Å². The van der Waals surface area contributed by atoms with Gasteiger partial charge in [-0.25, -0.2) is 8.42 Å². The molecule has 1 saturated carbocycles. The molecule has 0 unspecified atom stereocenters. The lowest BCUT2D eigenvalue weighted by molar-refractivity contribution is -0.135. The van der Waals surface area contributed by atoms with E-state index in [1.54, 1.807) is 0 Å². The second-order valence-electron chi connectivity index (χ2n) is 11.5. The van der Waals surface area contributed by atoms with E-state index in [0.717, 1.165) is 43.5 Å². The fraction of sp³-hybridized carbons (Fsp3) is 0.500. The summed E-state index contributed by atoms with van der Waals surface area (Å²) in [5.74, 6) is -0.142. The molecule has 0 aliphatic heterocycles. The highest BCUT2D eigenvalue weighted by Crippen LogP contribution is 2.28. The molecule has 0 bridgehead atoms. The second-order valence-corrected chi connectivity index (χ2v) is 13.4. The zero-order valence-electron chi connectivity index (χ0n) is 25.7. The molecule has 228 valence electrons. The summed E-state index contributed by atoms with van der Waals surface area (Å²) in [6, 6.07) is 18.3. The van der Waals surface area contributed by atoms with Gasteiger partial charge in [-0.15, -0.1) is 0 Å². The van der Waals surface area contributed by atoms with Crippen molar-refractivity contribution in [3.63, 3.8) is 0 Å². The van der Waals surface area contributed by atoms with Crippen molar-refractivity contribution in [2.75, 3.05) is 26.3 Å². The molecule has 1 aromatic heterocycles. The molecule has 0 N–H and O–H groups in total. The van der Waals surface area contributed by atoms with Crippen LogP contribution in [0.15, 0.2) is 65.7 Å². The lowest BCUT2D eigenvalue weighted by atomic mass is 9.94. The molecule has 0 radical (unpaired) electrons. The molecule has 0 atom stereocenters. The number of ether oxygens (including phenoxy) is 1. The van der Waals surface area contributed by atoms with E-state index in [4.69, 9.17) is 4.74 Å². The van der Waals surface area contributed by atoms with Crippen LogP contribution in [-0.2, 0) is 32.6 Å². The number of sulfonamides is 1. The Morgan fingerprint density at radius 3 is 2.33 bits per heavy atom. The van der Waals surface area contributed by atoms with Gasteiger partial charge in [-0.05, 0) is 75.8 Å². The zero-order valence-corrected chi connectivity index (χ0v) is 26.5. The molecule has 7 nitrogen and oxygen atoms in total. The van der Waals surface area contributed by atoms with Crippen LogP contribution in [0.25, 0.3) is 0 Å². The van der Waals surface area contributed by atoms with E-state index in [9.17, 15) is 13.2 Å². The number of carbonyl (C=O) groups excluding carboxylic acids is 1. The first-order valence-electron chi connectivity index (χ1n) is 15.3. The van der Waals surface area contributed by atoms with E-state index in [2.05, 4.69) is 29.0 Å². The molecule has 0 saturated heterocycles. The highest BCUT2D eigenvalue weighted by atomic mass is 32.2. The number of aromatic nitrogens is 1. The largest absolute Gasteiger partial charge is 0.382 e. The van der Waals surface area contributed by atoms with E-state index >= 15 is 0 Å². The number of benzene rings is 2. The smallest absolute Gasteiger partial charge is 0.244 e. The number of rotatable bonds is 14. The van der Waals surface area contributed by atoms with Gasteiger partial charge in [0.05, 0.1) is 18.0 Å². The van der Waals surface area contributed by atoms with Gasteiger partial charge in [0.1, 0.15) is 0 Å². The van der Waals surface area contributed by atoms with Crippen molar-refractivity contribution in [3.8, 4) is 0 Å². The monoisotopic (exact) mass is 593 g/mol. The van der Waals surface area contributed by atoms with E-state index in [0.29, 0.717) is 42.2 Å². The Hall–Kier alpha value is -2.94. The predicted octanol–water partition coefficient (Wildman–Crippen LogP) is 6.24. The summed E-state index contributed by atoms with van der Waals surface area (Å²) in [5, 5.41) is 0. The van der Waals surface area contributed by atoms with Crippen LogP contribution in [-0.4, -0.2) is 60.4 Å². The van der Waals surface area contributed by atoms with E-state index in [-0.39, 0.29) is 25.0 Å². The summed E-state index contributed by atoms with van der Waals surface area (Å²) >= 11 is 0. The molecule has 3 aromatic rings. The third-order valence-corrected chi connectivity index (χ3v) is 10.4. The maximum atomic E-state index is 14.2. The van der Waals surface area contributed by atoms with Crippen LogP contribution in [0.4, 0.5) is 0 Å². The van der Waals surface area contributed by atoms with Crippen molar-refractivity contribution in [2.45, 2.75) is 90.2 Å². The minimum absolute atomic E-state index is 0.0992. The Kier molecular flexibility index (Phi) is 11.4. The molecule has 4 rings (SSSR count). The predicted molar refractivity (Wildman–Crippen MR) is 168 cm³/mol. The standard InChI is InChI=1S/C34H47N3O4S/c1-5-41-21-13-20-36(42(39,40)34-28(3)22-27(2)23-29(34)4)26-33(38)37(31-16-10-7-11-17-31)25-32-18-12-19-35(32)24-30-14-8-6-9-15-30/h6,8-9,12,14-15,18-19,22-23,31H,5,7,10-11,13,16-17,20-21,24-26H2,1-4H3. The normalized spacial score (nSPS) is 14.4. The fourth-order valence-electron chi connectivity index (χ4n) is 6.23. The van der Waals surface area contributed by atoms with Crippen molar-refractivity contribution >= 4 is 15.9 Å². The molecular formula is C34H47N3O4S. The van der Waals surface area contributed by atoms with Crippen molar-refractivity contribution in [1.29, 1.82) is 0 Å². The molecule has 0 spiro atoms. The van der Waals surface area contributed by atoms with Gasteiger partial charge in [0.25, 0.3) is 0 Å². The second kappa shape index (κ2) is 15.0. The molecular weight excluding hydrogens is 546 g/mol. The van der Waals surface area contributed by atoms with Gasteiger partial charge < -0.3 is 14.2 Å². The summed E-state index contributed by atoms with van der Waals surface area (Å²) in [5.41, 5.74) is 4.68. The Morgan fingerprint density at radius 2 is 1.67 bits per heavy atom. The van der Waals surface area contributed by atoms with Gasteiger partial charge in [-0.1, -0.05) is 67.3 Å². The van der Waals surface area contributed by atoms with Gasteiger partial charge in [0.2, 0.25) is 15.9 Å². The van der Waals surface area contributed by atoms with Gasteiger partial charge in [0, 0.05) is 44.2 Å². The van der Waals surface area contributed by atoms with Gasteiger partial charge in [0.15, 0.2) is 0 Å². The highest BCUT2D eigenvalue weighted by molar-refractivity contribution is 7.89. The molecule has 1 aliphatic carbocycles. The Morgan fingerprint density at radius 1 is 0.976 bits per heavy atom. The number of hydrogen-bond donors (Lipinski definition) is 0. The highest BCUT2D eigenvalue weighted by Gasteiger charge is 2.33. The quantitative estimate of drug-likeness (QED) is 0.208. The molecule has 1 heterocycles. The summed E-state index contributed by atoms with van der Waals surface area (Å²) in [4.78, 5) is 16.5. The van der Waals surface area contributed by atoms with Gasteiger partial charge in [-0.2, -0.15) is 4.31 Å². The average Bonchev–Trinajstić information content (AvgIpc) is 3.39. The van der Waals surface area contributed by atoms with Crippen molar-refractivity contribution in [2.24, 2.45) is 0 Å². The average molecular weight is 594 g/mol. The fourth-order valence-corrected chi connectivity index (χ4v) is 8.07. The minimum atomic E-state index is -3.91. The molecule has 2 aromatic carbocycles. The first-order valence-corrected chi connectivity index (χ1v) is 16.8. The maximum absolute atomic E-state index is 14.2. The van der Waals surface area contributed by atoms with Gasteiger partial charge in [-0.3, -0.25) is 4.79 Å². The Labute approximate surface area is 252 Å². The molecule has 1 amide bonds. The van der Waals surface area contributed by atoms with Crippen molar-refractivity contribution in [3.05, 3.63) is 88.7 Å². The molecule has 1 fully saturated rings. The number of hydrogen-bond acceptors (Lipinski definition) is 4. The first-order chi connectivity index (χ1) is 20.2.